The van der Waals surface area contributed by atoms with Crippen molar-refractivity contribution in [3.05, 3.63) is 109 Å². The summed E-state index contributed by atoms with van der Waals surface area (Å²) < 4.78 is 0. The maximum atomic E-state index is 12.5. The number of unbranched alkanes of at least 4 members (excludes halogenated alkanes) is 38. The van der Waals surface area contributed by atoms with Crippen LogP contribution in [-0.2, 0) is 4.79 Å². The zero-order chi connectivity index (χ0) is 55.5. The normalized spacial score (nSPS) is 13.5. The molecule has 2 atom stereocenters. The summed E-state index contributed by atoms with van der Waals surface area (Å²) in [4.78, 5) is 12.5. The van der Waals surface area contributed by atoms with Gasteiger partial charge in [-0.2, -0.15) is 0 Å². The van der Waals surface area contributed by atoms with E-state index in [-0.39, 0.29) is 12.5 Å². The molecule has 0 aliphatic heterocycles. The van der Waals surface area contributed by atoms with E-state index in [4.69, 9.17) is 0 Å². The number of nitrogens with one attached hydrogen (secondary N) is 1. The first-order valence-electron chi connectivity index (χ1n) is 33.6. The quantitative estimate of drug-likeness (QED) is 0.0420. The highest BCUT2D eigenvalue weighted by Crippen LogP contribution is 2.18. The standard InChI is InChI=1S/C73H129NO3/c1-3-5-7-9-11-13-15-17-19-21-23-25-27-29-30-31-32-33-34-35-36-37-38-39-40-41-42-43-44-45-47-49-51-53-55-57-59-61-63-65-67-69-73(77)74-71(70-75)72(76)68-66-64-62-60-58-56-54-52-50-48-46-28-26-24-22-20-18-16-14-12-10-8-6-4-2/h5,7,11,13,17,19,23,25,29-30,32-33,35-36,38-39,66,68,71-72,75-76H,3-4,6,8-10,12,14-16,18,20-22,24,26-28,31,34,37,40-65,67,69-70H2,1-2H3,(H,74,77)/b7-5-,13-11-,19-17-,25-23-,30-29-,33-32-,36-35-,39-38-,68-66+. The molecule has 0 bridgehead atoms. The van der Waals surface area contributed by atoms with Gasteiger partial charge in [0.1, 0.15) is 0 Å². The molecule has 0 spiro atoms. The third-order valence-electron chi connectivity index (χ3n) is 15.0. The Morgan fingerprint density at radius 1 is 0.325 bits per heavy atom. The molecule has 0 aliphatic rings. The summed E-state index contributed by atoms with van der Waals surface area (Å²) in [5.41, 5.74) is 0. The van der Waals surface area contributed by atoms with Gasteiger partial charge in [0, 0.05) is 6.42 Å². The molecular formula is C73H129NO3. The van der Waals surface area contributed by atoms with Gasteiger partial charge >= 0.3 is 0 Å². The maximum Gasteiger partial charge on any atom is 0.220 e. The van der Waals surface area contributed by atoms with Crippen molar-refractivity contribution in [2.24, 2.45) is 0 Å². The molecule has 4 heteroatoms. The zero-order valence-electron chi connectivity index (χ0n) is 51.2. The number of carbonyl (C=O) groups is 1. The Balaban J connectivity index is 3.50. The van der Waals surface area contributed by atoms with Gasteiger partial charge in [-0.3, -0.25) is 4.79 Å². The van der Waals surface area contributed by atoms with Crippen molar-refractivity contribution < 1.29 is 15.0 Å². The van der Waals surface area contributed by atoms with Gasteiger partial charge in [-0.25, -0.2) is 0 Å². The largest absolute Gasteiger partial charge is 0.394 e. The molecule has 0 aromatic carbocycles. The predicted molar refractivity (Wildman–Crippen MR) is 345 cm³/mol. The molecule has 3 N–H and O–H groups in total. The number of rotatable bonds is 61. The molecule has 0 aliphatic carbocycles. The summed E-state index contributed by atoms with van der Waals surface area (Å²) in [5.74, 6) is -0.0627. The molecule has 0 aromatic heterocycles. The molecule has 77 heavy (non-hydrogen) atoms. The van der Waals surface area contributed by atoms with E-state index in [0.717, 1.165) is 77.0 Å². The molecule has 0 radical (unpaired) electrons. The highest BCUT2D eigenvalue weighted by Gasteiger charge is 2.18. The van der Waals surface area contributed by atoms with Gasteiger partial charge < -0.3 is 15.5 Å². The van der Waals surface area contributed by atoms with Crippen LogP contribution in [0.3, 0.4) is 0 Å². The minimum Gasteiger partial charge on any atom is -0.394 e. The second-order valence-corrected chi connectivity index (χ2v) is 22.5. The molecule has 0 fully saturated rings. The highest BCUT2D eigenvalue weighted by molar-refractivity contribution is 5.76. The highest BCUT2D eigenvalue weighted by atomic mass is 16.3. The van der Waals surface area contributed by atoms with Gasteiger partial charge in [0.25, 0.3) is 0 Å². The monoisotopic (exact) mass is 1070 g/mol. The van der Waals surface area contributed by atoms with E-state index < -0.39 is 12.1 Å². The number of carbonyl (C=O) groups excluding carboxylic acids is 1. The first-order chi connectivity index (χ1) is 38.2. The van der Waals surface area contributed by atoms with Crippen LogP contribution in [0.15, 0.2) is 109 Å². The van der Waals surface area contributed by atoms with E-state index in [1.807, 2.05) is 6.08 Å². The minimum atomic E-state index is -0.845. The average Bonchev–Trinajstić information content (AvgIpc) is 3.43. The number of hydrogen-bond donors (Lipinski definition) is 3. The number of amides is 1. The van der Waals surface area contributed by atoms with Crippen molar-refractivity contribution in [1.82, 2.24) is 5.32 Å². The molecule has 2 unspecified atom stereocenters. The van der Waals surface area contributed by atoms with Crippen LogP contribution in [0.4, 0.5) is 0 Å². The molecule has 0 saturated heterocycles. The fourth-order valence-electron chi connectivity index (χ4n) is 9.96. The van der Waals surface area contributed by atoms with Crippen molar-refractivity contribution >= 4 is 5.91 Å². The molecule has 0 aromatic rings. The Kier molecular flexibility index (Phi) is 64.7. The Labute approximate surface area is 480 Å². The summed E-state index contributed by atoms with van der Waals surface area (Å²) in [6.07, 6.45) is 102. The van der Waals surface area contributed by atoms with Crippen molar-refractivity contribution in [3.63, 3.8) is 0 Å². The third kappa shape index (κ3) is 63.8. The van der Waals surface area contributed by atoms with Gasteiger partial charge in [0.15, 0.2) is 0 Å². The van der Waals surface area contributed by atoms with E-state index in [1.165, 1.54) is 231 Å². The summed E-state index contributed by atoms with van der Waals surface area (Å²) in [5, 5.41) is 23.3. The van der Waals surface area contributed by atoms with E-state index in [2.05, 4.69) is 116 Å². The SMILES string of the molecule is CC/C=C\C/C=C\C/C=C\C/C=C\C/C=C\C/C=C\C/C=C\C/C=C\CCCCCCCCCCCCCCCCCCC(=O)NC(CO)C(O)/C=C/CCCCCCCCCCCCCCCCCCCCCCCC. The van der Waals surface area contributed by atoms with Crippen molar-refractivity contribution in [2.75, 3.05) is 6.61 Å². The Hall–Kier alpha value is -2.95. The van der Waals surface area contributed by atoms with Crippen LogP contribution < -0.4 is 5.32 Å². The lowest BCUT2D eigenvalue weighted by molar-refractivity contribution is -0.123. The second kappa shape index (κ2) is 67.3. The zero-order valence-corrected chi connectivity index (χ0v) is 51.2. The molecule has 0 rings (SSSR count). The van der Waals surface area contributed by atoms with E-state index >= 15 is 0 Å². The Bertz CT molecular complexity index is 1440. The van der Waals surface area contributed by atoms with Crippen molar-refractivity contribution in [2.45, 2.75) is 341 Å². The lowest BCUT2D eigenvalue weighted by Crippen LogP contribution is -2.45. The van der Waals surface area contributed by atoms with Crippen LogP contribution in [0.1, 0.15) is 328 Å². The first kappa shape index (κ1) is 74.0. The topological polar surface area (TPSA) is 69.6 Å². The lowest BCUT2D eigenvalue weighted by atomic mass is 10.0. The Morgan fingerprint density at radius 2 is 0.571 bits per heavy atom. The van der Waals surface area contributed by atoms with Crippen molar-refractivity contribution in [3.8, 4) is 0 Å². The smallest absolute Gasteiger partial charge is 0.220 e. The summed E-state index contributed by atoms with van der Waals surface area (Å²) in [6, 6.07) is -0.628. The van der Waals surface area contributed by atoms with Crippen LogP contribution in [0, 0.1) is 0 Å². The minimum absolute atomic E-state index is 0.0627. The van der Waals surface area contributed by atoms with Crippen LogP contribution in [0.25, 0.3) is 0 Å². The summed E-state index contributed by atoms with van der Waals surface area (Å²) in [7, 11) is 0. The van der Waals surface area contributed by atoms with Gasteiger partial charge in [-0.05, 0) is 83.5 Å². The van der Waals surface area contributed by atoms with Crippen LogP contribution in [0.5, 0.6) is 0 Å². The van der Waals surface area contributed by atoms with E-state index in [9.17, 15) is 15.0 Å². The molecule has 0 saturated carbocycles. The molecule has 4 nitrogen and oxygen atoms in total. The van der Waals surface area contributed by atoms with Crippen LogP contribution in [-0.4, -0.2) is 34.9 Å². The number of aliphatic hydroxyl groups is 2. The number of hydrogen-bond acceptors (Lipinski definition) is 3. The summed E-state index contributed by atoms with van der Waals surface area (Å²) in [6.45, 7) is 4.22. The van der Waals surface area contributed by atoms with Gasteiger partial charge in [0.05, 0.1) is 18.8 Å². The Morgan fingerprint density at radius 3 is 0.857 bits per heavy atom. The molecule has 444 valence electrons. The second-order valence-electron chi connectivity index (χ2n) is 22.5. The van der Waals surface area contributed by atoms with E-state index in [1.54, 1.807) is 6.08 Å². The summed E-state index contributed by atoms with van der Waals surface area (Å²) >= 11 is 0. The fourth-order valence-corrected chi connectivity index (χ4v) is 9.96. The van der Waals surface area contributed by atoms with Crippen molar-refractivity contribution in [1.29, 1.82) is 0 Å². The molecule has 1 amide bonds. The van der Waals surface area contributed by atoms with Crippen LogP contribution in [0.2, 0.25) is 0 Å². The van der Waals surface area contributed by atoms with Gasteiger partial charge in [-0.1, -0.05) is 348 Å². The van der Waals surface area contributed by atoms with Crippen LogP contribution >= 0.6 is 0 Å². The van der Waals surface area contributed by atoms with Gasteiger partial charge in [0.2, 0.25) is 5.91 Å². The average molecular weight is 1070 g/mol. The fraction of sp³-hybridized carbons (Fsp3) is 0.740. The predicted octanol–water partition coefficient (Wildman–Crippen LogP) is 23.0. The molecular weight excluding hydrogens is 939 g/mol. The number of allylic oxidation sites excluding steroid dienone is 17. The number of aliphatic hydroxyl groups excluding tert-OH is 2. The first-order valence-corrected chi connectivity index (χ1v) is 33.6. The lowest BCUT2D eigenvalue weighted by Gasteiger charge is -2.20. The maximum absolute atomic E-state index is 12.5. The van der Waals surface area contributed by atoms with Gasteiger partial charge in [-0.15, -0.1) is 0 Å². The third-order valence-corrected chi connectivity index (χ3v) is 15.0. The molecule has 0 heterocycles. The van der Waals surface area contributed by atoms with E-state index in [0.29, 0.717) is 6.42 Å².